The lowest BCUT2D eigenvalue weighted by Crippen LogP contribution is -2.39. The van der Waals surface area contributed by atoms with Gasteiger partial charge in [0.2, 0.25) is 0 Å². The van der Waals surface area contributed by atoms with Crippen molar-refractivity contribution in [3.8, 4) is 5.69 Å². The van der Waals surface area contributed by atoms with Gasteiger partial charge in [0, 0.05) is 44.5 Å². The van der Waals surface area contributed by atoms with Crippen LogP contribution in [0.15, 0.2) is 65.2 Å². The van der Waals surface area contributed by atoms with Gasteiger partial charge in [0.25, 0.3) is 0 Å². The first-order valence-corrected chi connectivity index (χ1v) is 9.17. The van der Waals surface area contributed by atoms with Crippen molar-refractivity contribution in [1.29, 1.82) is 0 Å². The van der Waals surface area contributed by atoms with Crippen molar-refractivity contribution < 1.29 is 0 Å². The number of hydrogen-bond acceptors (Lipinski definition) is 3. The summed E-state index contributed by atoms with van der Waals surface area (Å²) in [4.78, 5) is 7.95. The predicted molar refractivity (Wildman–Crippen MR) is 120 cm³/mol. The number of aromatic nitrogens is 2. The first kappa shape index (κ1) is 20.4. The summed E-state index contributed by atoms with van der Waals surface area (Å²) in [6, 6.07) is 14.6. The first-order valence-electron chi connectivity index (χ1n) is 8.29. The van der Waals surface area contributed by atoms with Crippen molar-refractivity contribution in [2.75, 3.05) is 20.6 Å². The van der Waals surface area contributed by atoms with E-state index in [1.807, 2.05) is 24.0 Å². The third-order valence-electron chi connectivity index (χ3n) is 4.00. The molecule has 2 heterocycles. The summed E-state index contributed by atoms with van der Waals surface area (Å²) in [6.07, 6.45) is 4.76. The fourth-order valence-corrected chi connectivity index (χ4v) is 3.29. The van der Waals surface area contributed by atoms with Gasteiger partial charge >= 0.3 is 0 Å². The molecule has 1 aromatic carbocycles. The van der Waals surface area contributed by atoms with E-state index in [2.05, 4.69) is 69.1 Å². The molecule has 3 rings (SSSR count). The molecule has 0 atom stereocenters. The maximum Gasteiger partial charge on any atom is 0.193 e. The van der Waals surface area contributed by atoms with Crippen LogP contribution >= 0.6 is 35.3 Å². The number of halogens is 1. The molecule has 2 aromatic heterocycles. The number of aliphatic imine (C=N–C) groups is 1. The van der Waals surface area contributed by atoms with Crippen LogP contribution in [0.2, 0.25) is 0 Å². The fraction of sp³-hybridized carbons (Fsp3) is 0.263. The van der Waals surface area contributed by atoms with E-state index in [0.717, 1.165) is 31.2 Å². The molecule has 0 aliphatic rings. The van der Waals surface area contributed by atoms with Crippen LogP contribution in [0.5, 0.6) is 0 Å². The summed E-state index contributed by atoms with van der Waals surface area (Å²) in [6.45, 7) is 1.69. The summed E-state index contributed by atoms with van der Waals surface area (Å²) < 4.78 is 1.86. The van der Waals surface area contributed by atoms with Gasteiger partial charge in [-0.25, -0.2) is 4.68 Å². The number of guanidine groups is 1. The molecule has 0 aliphatic heterocycles. The van der Waals surface area contributed by atoms with E-state index >= 15 is 0 Å². The van der Waals surface area contributed by atoms with Crippen molar-refractivity contribution in [2.24, 2.45) is 4.99 Å². The number of nitrogens with one attached hydrogen (secondary N) is 1. The van der Waals surface area contributed by atoms with Crippen LogP contribution in [0.25, 0.3) is 5.69 Å². The van der Waals surface area contributed by atoms with Gasteiger partial charge in [-0.05, 0) is 41.6 Å². The topological polar surface area (TPSA) is 45.5 Å². The number of hydrogen-bond donors (Lipinski definition) is 1. The molecular weight excluding hydrogens is 457 g/mol. The Morgan fingerprint density at radius 1 is 1.23 bits per heavy atom. The smallest absolute Gasteiger partial charge is 0.193 e. The minimum absolute atomic E-state index is 0. The zero-order valence-electron chi connectivity index (χ0n) is 15.0. The second kappa shape index (κ2) is 10.3. The van der Waals surface area contributed by atoms with E-state index in [0.29, 0.717) is 0 Å². The number of benzene rings is 1. The Morgan fingerprint density at radius 2 is 2.04 bits per heavy atom. The Hall–Kier alpha value is -1.87. The highest BCUT2D eigenvalue weighted by Crippen LogP contribution is 2.10. The standard InChI is InChI=1S/C19H23N5S.HI/c1-20-19(23(2)13-10-18-5-3-14-25-18)21-15-16-6-8-17(9-7-16)24-12-4-11-22-24;/h3-9,11-12,14H,10,13,15H2,1-2H3,(H,20,21);1H. The molecule has 7 heteroatoms. The number of thiophene rings is 1. The Kier molecular flexibility index (Phi) is 8.11. The molecule has 0 fully saturated rings. The van der Waals surface area contributed by atoms with E-state index in [-0.39, 0.29) is 24.0 Å². The third kappa shape index (κ3) is 5.57. The minimum Gasteiger partial charge on any atom is -0.352 e. The normalized spacial score (nSPS) is 11.1. The molecule has 0 amide bonds. The molecule has 5 nitrogen and oxygen atoms in total. The molecule has 0 bridgehead atoms. The molecule has 3 aromatic rings. The van der Waals surface area contributed by atoms with E-state index < -0.39 is 0 Å². The van der Waals surface area contributed by atoms with Crippen molar-refractivity contribution in [1.82, 2.24) is 20.0 Å². The molecule has 0 unspecified atom stereocenters. The van der Waals surface area contributed by atoms with Gasteiger partial charge in [-0.15, -0.1) is 35.3 Å². The summed E-state index contributed by atoms with van der Waals surface area (Å²) in [5.74, 6) is 0.910. The summed E-state index contributed by atoms with van der Waals surface area (Å²) in [7, 11) is 3.90. The molecule has 0 aliphatic carbocycles. The van der Waals surface area contributed by atoms with Crippen LogP contribution in [0, 0.1) is 0 Å². The molecule has 0 saturated carbocycles. The highest BCUT2D eigenvalue weighted by Gasteiger charge is 2.06. The molecule has 0 spiro atoms. The van der Waals surface area contributed by atoms with Crippen LogP contribution < -0.4 is 5.32 Å². The number of nitrogens with zero attached hydrogens (tertiary/aromatic N) is 4. The fourth-order valence-electron chi connectivity index (χ4n) is 2.59. The SMILES string of the molecule is CN=C(NCc1ccc(-n2cccn2)cc1)N(C)CCc1cccs1.I. The first-order chi connectivity index (χ1) is 12.3. The Labute approximate surface area is 175 Å². The summed E-state index contributed by atoms with van der Waals surface area (Å²) in [5, 5.41) is 9.79. The molecule has 0 radical (unpaired) electrons. The van der Waals surface area contributed by atoms with E-state index in [4.69, 9.17) is 0 Å². The van der Waals surface area contributed by atoms with Crippen molar-refractivity contribution in [2.45, 2.75) is 13.0 Å². The largest absolute Gasteiger partial charge is 0.352 e. The summed E-state index contributed by atoms with van der Waals surface area (Å²) >= 11 is 1.80. The Bertz CT molecular complexity index is 782. The van der Waals surface area contributed by atoms with Crippen molar-refractivity contribution >= 4 is 41.3 Å². The van der Waals surface area contributed by atoms with Gasteiger partial charge < -0.3 is 10.2 Å². The summed E-state index contributed by atoms with van der Waals surface area (Å²) in [5.41, 5.74) is 2.27. The van der Waals surface area contributed by atoms with Gasteiger partial charge in [0.1, 0.15) is 0 Å². The minimum atomic E-state index is 0. The van der Waals surface area contributed by atoms with Crippen LogP contribution in [0.4, 0.5) is 0 Å². The van der Waals surface area contributed by atoms with Gasteiger partial charge in [-0.2, -0.15) is 5.10 Å². The molecule has 26 heavy (non-hydrogen) atoms. The van der Waals surface area contributed by atoms with Gasteiger partial charge in [0.05, 0.1) is 5.69 Å². The number of likely N-dealkylation sites (N-methyl/N-ethyl adjacent to an activating group) is 1. The lowest BCUT2D eigenvalue weighted by atomic mass is 10.2. The maximum atomic E-state index is 4.38. The predicted octanol–water partition coefficient (Wildman–Crippen LogP) is 3.80. The zero-order chi connectivity index (χ0) is 17.5. The van der Waals surface area contributed by atoms with Crippen LogP contribution in [0.1, 0.15) is 10.4 Å². The lowest BCUT2D eigenvalue weighted by molar-refractivity contribution is 0.486. The highest BCUT2D eigenvalue weighted by molar-refractivity contribution is 14.0. The van der Waals surface area contributed by atoms with Gasteiger partial charge in [0.15, 0.2) is 5.96 Å². The van der Waals surface area contributed by atoms with Gasteiger partial charge in [-0.3, -0.25) is 4.99 Å². The quantitative estimate of drug-likeness (QED) is 0.331. The van der Waals surface area contributed by atoms with Crippen LogP contribution in [-0.2, 0) is 13.0 Å². The van der Waals surface area contributed by atoms with Crippen LogP contribution in [0.3, 0.4) is 0 Å². The average molecular weight is 481 g/mol. The second-order valence-electron chi connectivity index (χ2n) is 5.77. The third-order valence-corrected chi connectivity index (χ3v) is 4.94. The zero-order valence-corrected chi connectivity index (χ0v) is 18.1. The van der Waals surface area contributed by atoms with Gasteiger partial charge in [-0.1, -0.05) is 18.2 Å². The second-order valence-corrected chi connectivity index (χ2v) is 6.80. The molecule has 0 saturated heterocycles. The highest BCUT2D eigenvalue weighted by atomic mass is 127. The monoisotopic (exact) mass is 481 g/mol. The van der Waals surface area contributed by atoms with Crippen LogP contribution in [-0.4, -0.2) is 41.3 Å². The molecule has 138 valence electrons. The van der Waals surface area contributed by atoms with E-state index in [1.54, 1.807) is 17.5 Å². The van der Waals surface area contributed by atoms with E-state index in [1.165, 1.54) is 10.4 Å². The lowest BCUT2D eigenvalue weighted by Gasteiger charge is -2.22. The van der Waals surface area contributed by atoms with E-state index in [9.17, 15) is 0 Å². The maximum absolute atomic E-state index is 4.38. The van der Waals surface area contributed by atoms with Crippen molar-refractivity contribution in [3.63, 3.8) is 0 Å². The average Bonchev–Trinajstić information content (AvgIpc) is 3.35. The molecule has 1 N–H and O–H groups in total. The Balaban J connectivity index is 0.00000243. The molecular formula is C19H24IN5S. The van der Waals surface area contributed by atoms with Crippen molar-refractivity contribution in [3.05, 3.63) is 70.7 Å². The number of rotatable bonds is 6. The Morgan fingerprint density at radius 3 is 2.65 bits per heavy atom.